The van der Waals surface area contributed by atoms with E-state index in [1.54, 1.807) is 6.33 Å². The van der Waals surface area contributed by atoms with E-state index in [1.165, 1.54) is 0 Å². The maximum Gasteiger partial charge on any atom is 0.164 e. The van der Waals surface area contributed by atoms with Crippen molar-refractivity contribution in [3.8, 4) is 0 Å². The van der Waals surface area contributed by atoms with Gasteiger partial charge in [0.2, 0.25) is 0 Å². The van der Waals surface area contributed by atoms with Gasteiger partial charge >= 0.3 is 0 Å². The number of pyridine rings is 1. The first-order valence-corrected chi connectivity index (χ1v) is 12.9. The fourth-order valence-electron chi connectivity index (χ4n) is 6.07. The maximum atomic E-state index is 11.5. The van der Waals surface area contributed by atoms with Gasteiger partial charge in [-0.3, -0.25) is 0 Å². The molecule has 5 atom stereocenters. The summed E-state index contributed by atoms with van der Waals surface area (Å²) in [6.07, 6.45) is 5.58. The summed E-state index contributed by atoms with van der Waals surface area (Å²) in [6.45, 7) is 0. The van der Waals surface area contributed by atoms with Crippen LogP contribution in [0.3, 0.4) is 0 Å². The van der Waals surface area contributed by atoms with Crippen LogP contribution in [0.5, 0.6) is 0 Å². The van der Waals surface area contributed by atoms with E-state index in [2.05, 4.69) is 36.9 Å². The summed E-state index contributed by atoms with van der Waals surface area (Å²) >= 11 is 3.43. The highest BCUT2D eigenvalue weighted by Crippen LogP contribution is 2.51. The van der Waals surface area contributed by atoms with Gasteiger partial charge in [0.25, 0.3) is 0 Å². The summed E-state index contributed by atoms with van der Waals surface area (Å²) in [5.74, 6) is 1.03. The van der Waals surface area contributed by atoms with E-state index in [0.29, 0.717) is 18.2 Å². The summed E-state index contributed by atoms with van der Waals surface area (Å²) in [5, 5.41) is 24.8. The standard InChI is InChI=1S/C26H26BrN5O3/c27-18-11-15-2-1-13(10-19(15)31-23(18)28)9-16-5-7-26(34)21(33)25(35-22(16)26)32-8-6-17-20(14-3-4-14)29-12-30-24(17)32/h1-2,6,8,10-12,14,16,21-22,25,33-34H,3-5,7,9H2,(H2,28,31)/t16-,21-,22+,25+,26-/m0/s1. The van der Waals surface area contributed by atoms with Crippen molar-refractivity contribution in [2.24, 2.45) is 5.92 Å². The van der Waals surface area contributed by atoms with E-state index >= 15 is 0 Å². The van der Waals surface area contributed by atoms with Gasteiger partial charge in [-0.25, -0.2) is 15.0 Å². The van der Waals surface area contributed by atoms with Crippen LogP contribution in [0.25, 0.3) is 21.9 Å². The lowest BCUT2D eigenvalue weighted by Gasteiger charge is -2.26. The number of hydrogen-bond acceptors (Lipinski definition) is 7. The predicted octanol–water partition coefficient (Wildman–Crippen LogP) is 3.84. The minimum Gasteiger partial charge on any atom is -0.385 e. The molecule has 3 aromatic heterocycles. The highest BCUT2D eigenvalue weighted by atomic mass is 79.9. The second kappa shape index (κ2) is 7.70. The molecular weight excluding hydrogens is 510 g/mol. The van der Waals surface area contributed by atoms with Gasteiger partial charge in [0.05, 0.1) is 21.8 Å². The van der Waals surface area contributed by atoms with Gasteiger partial charge in [-0.15, -0.1) is 0 Å². The van der Waals surface area contributed by atoms with Gasteiger partial charge in [0.15, 0.2) is 6.23 Å². The third-order valence-corrected chi connectivity index (χ3v) is 8.68. The van der Waals surface area contributed by atoms with Crippen LogP contribution in [-0.4, -0.2) is 47.5 Å². The van der Waals surface area contributed by atoms with E-state index in [9.17, 15) is 10.2 Å². The molecule has 8 nitrogen and oxygen atoms in total. The first-order valence-electron chi connectivity index (χ1n) is 12.1. The van der Waals surface area contributed by atoms with Crippen molar-refractivity contribution >= 4 is 43.7 Å². The van der Waals surface area contributed by atoms with Crippen LogP contribution in [0.2, 0.25) is 0 Å². The number of nitrogen functional groups attached to an aromatic ring is 1. The molecule has 1 aliphatic heterocycles. The Balaban J connectivity index is 1.18. The largest absolute Gasteiger partial charge is 0.385 e. The lowest BCUT2D eigenvalue weighted by molar-refractivity contribution is -0.0675. The van der Waals surface area contributed by atoms with Crippen LogP contribution in [0.1, 0.15) is 49.1 Å². The van der Waals surface area contributed by atoms with Gasteiger partial charge in [-0.1, -0.05) is 12.1 Å². The normalized spacial score (nSPS) is 30.4. The first-order chi connectivity index (χ1) is 16.9. The fourth-order valence-corrected chi connectivity index (χ4v) is 6.41. The Morgan fingerprint density at radius 3 is 2.86 bits per heavy atom. The zero-order chi connectivity index (χ0) is 23.9. The Labute approximate surface area is 210 Å². The SMILES string of the molecule is Nc1nc2cc(C[C@@H]3CC[C@@]4(O)[C@@H]3O[C@@H](n3ccc5c(C6CC6)ncnc53)[C@@H]4O)ccc2cc1Br. The van der Waals surface area contributed by atoms with Gasteiger partial charge in [0.1, 0.15) is 29.5 Å². The minimum atomic E-state index is -1.29. The molecule has 3 fully saturated rings. The number of nitrogens with zero attached hydrogens (tertiary/aromatic N) is 4. The lowest BCUT2D eigenvalue weighted by Crippen LogP contribution is -2.45. The average Bonchev–Trinajstić information content (AvgIpc) is 3.46. The molecule has 7 rings (SSSR count). The zero-order valence-electron chi connectivity index (χ0n) is 19.0. The zero-order valence-corrected chi connectivity index (χ0v) is 20.6. The van der Waals surface area contributed by atoms with Crippen LogP contribution >= 0.6 is 15.9 Å². The summed E-state index contributed by atoms with van der Waals surface area (Å²) < 4.78 is 9.08. The second-order valence-electron chi connectivity index (χ2n) is 10.3. The van der Waals surface area contributed by atoms with E-state index < -0.39 is 24.0 Å². The fraction of sp³-hybridized carbons (Fsp3) is 0.423. The summed E-state index contributed by atoms with van der Waals surface area (Å²) in [5.41, 5.74) is 8.45. The van der Waals surface area contributed by atoms with E-state index in [1.807, 2.05) is 35.0 Å². The molecule has 0 amide bonds. The molecule has 180 valence electrons. The van der Waals surface area contributed by atoms with Crippen LogP contribution in [0.4, 0.5) is 5.82 Å². The molecule has 2 aliphatic carbocycles. The Kier molecular flexibility index (Phi) is 4.77. The van der Waals surface area contributed by atoms with Crippen molar-refractivity contribution in [2.45, 2.75) is 62.1 Å². The van der Waals surface area contributed by atoms with Crippen LogP contribution in [0, 0.1) is 5.92 Å². The molecule has 35 heavy (non-hydrogen) atoms. The topological polar surface area (TPSA) is 119 Å². The maximum absolute atomic E-state index is 11.5. The molecular formula is C26H26BrN5O3. The number of nitrogens with two attached hydrogens (primary N) is 1. The minimum absolute atomic E-state index is 0.0726. The van der Waals surface area contributed by atoms with E-state index in [-0.39, 0.29) is 5.92 Å². The molecule has 2 saturated carbocycles. The first kappa shape index (κ1) is 21.7. The lowest BCUT2D eigenvalue weighted by atomic mass is 9.90. The van der Waals surface area contributed by atoms with Gasteiger partial charge in [-0.05, 0) is 77.7 Å². The summed E-state index contributed by atoms with van der Waals surface area (Å²) in [6, 6.07) is 10.1. The number of halogens is 1. The monoisotopic (exact) mass is 535 g/mol. The summed E-state index contributed by atoms with van der Waals surface area (Å²) in [4.78, 5) is 13.5. The number of rotatable bonds is 4. The summed E-state index contributed by atoms with van der Waals surface area (Å²) in [7, 11) is 0. The molecule has 1 saturated heterocycles. The molecule has 4 heterocycles. The van der Waals surface area contributed by atoms with Crippen molar-refractivity contribution in [3.63, 3.8) is 0 Å². The molecule has 0 unspecified atom stereocenters. The molecule has 3 aliphatic rings. The second-order valence-corrected chi connectivity index (χ2v) is 11.1. The van der Waals surface area contributed by atoms with Crippen LogP contribution < -0.4 is 5.73 Å². The highest BCUT2D eigenvalue weighted by molar-refractivity contribution is 9.10. The Hall–Kier alpha value is -2.59. The van der Waals surface area contributed by atoms with Crippen molar-refractivity contribution in [2.75, 3.05) is 5.73 Å². The molecule has 0 spiro atoms. The van der Waals surface area contributed by atoms with E-state index in [0.717, 1.165) is 63.3 Å². The molecule has 1 aromatic carbocycles. The molecule has 4 aromatic rings. The number of hydrogen-bond donors (Lipinski definition) is 3. The Bertz CT molecular complexity index is 1470. The molecule has 0 radical (unpaired) electrons. The average molecular weight is 536 g/mol. The number of aromatic nitrogens is 4. The quantitative estimate of drug-likeness (QED) is 0.363. The van der Waals surface area contributed by atoms with Crippen molar-refractivity contribution in [3.05, 3.63) is 58.6 Å². The van der Waals surface area contributed by atoms with Crippen LogP contribution in [0.15, 0.2) is 47.3 Å². The van der Waals surface area contributed by atoms with Crippen molar-refractivity contribution < 1.29 is 14.9 Å². The Morgan fingerprint density at radius 2 is 2.03 bits per heavy atom. The number of anilines is 1. The molecule has 0 bridgehead atoms. The van der Waals surface area contributed by atoms with Gasteiger partial charge < -0.3 is 25.3 Å². The van der Waals surface area contributed by atoms with Crippen LogP contribution in [-0.2, 0) is 11.2 Å². The van der Waals surface area contributed by atoms with Crippen molar-refractivity contribution in [1.82, 2.24) is 19.5 Å². The molecule has 9 heteroatoms. The smallest absolute Gasteiger partial charge is 0.164 e. The number of aliphatic hydroxyl groups excluding tert-OH is 1. The Morgan fingerprint density at radius 1 is 1.17 bits per heavy atom. The van der Waals surface area contributed by atoms with E-state index in [4.69, 9.17) is 10.5 Å². The van der Waals surface area contributed by atoms with Gasteiger partial charge in [0, 0.05) is 22.9 Å². The number of ether oxygens (including phenoxy) is 1. The highest BCUT2D eigenvalue weighted by Gasteiger charge is 2.61. The molecule has 4 N–H and O–H groups in total. The predicted molar refractivity (Wildman–Crippen MR) is 135 cm³/mol. The van der Waals surface area contributed by atoms with Gasteiger partial charge in [-0.2, -0.15) is 0 Å². The van der Waals surface area contributed by atoms with Crippen molar-refractivity contribution in [1.29, 1.82) is 0 Å². The third-order valence-electron chi connectivity index (χ3n) is 8.04. The number of benzene rings is 1. The third kappa shape index (κ3) is 3.32. The number of fused-ring (bicyclic) bond motifs is 3. The number of aliphatic hydroxyl groups is 2.